The number of hydrogen-bond acceptors (Lipinski definition) is 6. The summed E-state index contributed by atoms with van der Waals surface area (Å²) in [6, 6.07) is 7.90. The van der Waals surface area contributed by atoms with E-state index in [0.29, 0.717) is 11.7 Å². The molecule has 0 spiro atoms. The lowest BCUT2D eigenvalue weighted by Gasteiger charge is -2.11. The first-order valence-electron chi connectivity index (χ1n) is 9.31. The van der Waals surface area contributed by atoms with Gasteiger partial charge in [0, 0.05) is 36.3 Å². The van der Waals surface area contributed by atoms with Crippen LogP contribution in [-0.4, -0.2) is 33.1 Å². The molecule has 7 nitrogen and oxygen atoms in total. The molecule has 1 aromatic carbocycles. The third kappa shape index (κ3) is 3.55. The molecule has 1 amide bonds. The van der Waals surface area contributed by atoms with Gasteiger partial charge in [-0.25, -0.2) is 9.97 Å². The summed E-state index contributed by atoms with van der Waals surface area (Å²) < 4.78 is 1.06. The van der Waals surface area contributed by atoms with Gasteiger partial charge in [-0.1, -0.05) is 36.5 Å². The standard InChI is InChI=1S/C20H22N6OS/c1-3-6-16-18(13(2)22-10-9-14-11-21-12-23-14)19(27)26(25-16)20-24-15-7-4-5-8-17(15)28-20/h4-8,11-12,18,25H,3,9-10H2,1-2H3,(H,21,23). The molecule has 2 aromatic heterocycles. The summed E-state index contributed by atoms with van der Waals surface area (Å²) in [6.45, 7) is 4.59. The maximum atomic E-state index is 13.2. The van der Waals surface area contributed by atoms with Crippen molar-refractivity contribution in [3.8, 4) is 0 Å². The topological polar surface area (TPSA) is 86.3 Å². The Labute approximate surface area is 167 Å². The molecule has 1 aliphatic rings. The van der Waals surface area contributed by atoms with Crippen LogP contribution >= 0.6 is 11.3 Å². The molecule has 0 radical (unpaired) electrons. The Balaban J connectivity index is 1.57. The van der Waals surface area contributed by atoms with Crippen LogP contribution in [0.25, 0.3) is 10.2 Å². The fraction of sp³-hybridized carbons (Fsp3) is 0.300. The molecule has 1 unspecified atom stereocenters. The number of rotatable bonds is 6. The van der Waals surface area contributed by atoms with E-state index in [1.165, 1.54) is 11.3 Å². The SMILES string of the molecule is CCC=C1NN(c2nc3ccccc3s2)C(=O)C1C(C)=NCCc1cnc[nH]1. The molecular weight excluding hydrogens is 372 g/mol. The van der Waals surface area contributed by atoms with Gasteiger partial charge in [0.25, 0.3) is 5.91 Å². The molecule has 1 saturated heterocycles. The highest BCUT2D eigenvalue weighted by atomic mass is 32.1. The van der Waals surface area contributed by atoms with Gasteiger partial charge in [0.2, 0.25) is 5.13 Å². The fourth-order valence-electron chi connectivity index (χ4n) is 3.26. The summed E-state index contributed by atoms with van der Waals surface area (Å²) in [4.78, 5) is 29.6. The summed E-state index contributed by atoms with van der Waals surface area (Å²) in [5.74, 6) is -0.435. The number of imidazole rings is 1. The molecule has 0 saturated carbocycles. The van der Waals surface area contributed by atoms with Gasteiger partial charge < -0.3 is 4.98 Å². The maximum absolute atomic E-state index is 13.2. The van der Waals surface area contributed by atoms with Crippen molar-refractivity contribution < 1.29 is 4.79 Å². The van der Waals surface area contributed by atoms with E-state index in [2.05, 4.69) is 32.3 Å². The smallest absolute Gasteiger partial charge is 0.262 e. The average Bonchev–Trinajstić information content (AvgIpc) is 3.40. The second-order valence-electron chi connectivity index (χ2n) is 6.60. The van der Waals surface area contributed by atoms with Crippen LogP contribution in [-0.2, 0) is 11.2 Å². The van der Waals surface area contributed by atoms with Crippen LogP contribution in [0.5, 0.6) is 0 Å². The van der Waals surface area contributed by atoms with Crippen molar-refractivity contribution in [3.63, 3.8) is 0 Å². The van der Waals surface area contributed by atoms with E-state index in [9.17, 15) is 4.79 Å². The monoisotopic (exact) mass is 394 g/mol. The van der Waals surface area contributed by atoms with Gasteiger partial charge in [0.1, 0.15) is 5.92 Å². The van der Waals surface area contributed by atoms with Crippen molar-refractivity contribution in [1.29, 1.82) is 0 Å². The molecule has 2 N–H and O–H groups in total. The highest BCUT2D eigenvalue weighted by molar-refractivity contribution is 7.22. The lowest BCUT2D eigenvalue weighted by Crippen LogP contribution is -2.34. The lowest BCUT2D eigenvalue weighted by atomic mass is 10.00. The Bertz CT molecular complexity index is 1000. The minimum atomic E-state index is -0.395. The van der Waals surface area contributed by atoms with Crippen LogP contribution in [0.2, 0.25) is 0 Å². The number of para-hydroxylation sites is 1. The molecule has 28 heavy (non-hydrogen) atoms. The largest absolute Gasteiger partial charge is 0.348 e. The van der Waals surface area contributed by atoms with E-state index >= 15 is 0 Å². The lowest BCUT2D eigenvalue weighted by molar-refractivity contribution is -0.118. The van der Waals surface area contributed by atoms with Crippen LogP contribution in [0.15, 0.2) is 53.6 Å². The highest BCUT2D eigenvalue weighted by Gasteiger charge is 2.39. The Morgan fingerprint density at radius 3 is 3.00 bits per heavy atom. The minimum Gasteiger partial charge on any atom is -0.348 e. The summed E-state index contributed by atoms with van der Waals surface area (Å²) in [5.41, 5.74) is 6.86. The van der Waals surface area contributed by atoms with Gasteiger partial charge in [0.05, 0.1) is 16.5 Å². The van der Waals surface area contributed by atoms with E-state index in [-0.39, 0.29) is 5.91 Å². The number of anilines is 1. The number of amides is 1. The second-order valence-corrected chi connectivity index (χ2v) is 7.61. The fourth-order valence-corrected chi connectivity index (χ4v) is 4.19. The molecule has 8 heteroatoms. The van der Waals surface area contributed by atoms with E-state index in [1.807, 2.05) is 37.3 Å². The number of fused-ring (bicyclic) bond motifs is 1. The first-order valence-corrected chi connectivity index (χ1v) is 10.1. The molecule has 1 atom stereocenters. The van der Waals surface area contributed by atoms with E-state index < -0.39 is 5.92 Å². The first-order chi connectivity index (χ1) is 13.7. The third-order valence-corrected chi connectivity index (χ3v) is 5.65. The molecule has 1 aliphatic heterocycles. The number of H-pyrrole nitrogens is 1. The van der Waals surface area contributed by atoms with Crippen molar-refractivity contribution in [2.75, 3.05) is 11.6 Å². The van der Waals surface area contributed by atoms with Crippen LogP contribution < -0.4 is 10.4 Å². The second kappa shape index (κ2) is 7.93. The minimum absolute atomic E-state index is 0.0402. The Hall–Kier alpha value is -3.00. The van der Waals surface area contributed by atoms with Gasteiger partial charge in [-0.15, -0.1) is 0 Å². The molecule has 144 valence electrons. The zero-order valence-corrected chi connectivity index (χ0v) is 16.7. The zero-order chi connectivity index (χ0) is 19.5. The number of allylic oxidation sites excluding steroid dienone is 1. The number of carbonyl (C=O) groups excluding carboxylic acids is 1. The van der Waals surface area contributed by atoms with Crippen LogP contribution in [0.1, 0.15) is 26.0 Å². The quantitative estimate of drug-likeness (QED) is 0.627. The summed E-state index contributed by atoms with van der Waals surface area (Å²) >= 11 is 1.50. The van der Waals surface area contributed by atoms with Crippen molar-refractivity contribution in [2.24, 2.45) is 10.9 Å². The van der Waals surface area contributed by atoms with Gasteiger partial charge in [-0.05, 0) is 25.5 Å². The van der Waals surface area contributed by atoms with Crippen molar-refractivity contribution in [2.45, 2.75) is 26.7 Å². The number of aliphatic imine (C=N–C) groups is 1. The van der Waals surface area contributed by atoms with Crippen molar-refractivity contribution >= 4 is 38.3 Å². The van der Waals surface area contributed by atoms with Gasteiger partial charge in [-0.3, -0.25) is 15.2 Å². The predicted octanol–water partition coefficient (Wildman–Crippen LogP) is 3.48. The molecule has 1 fully saturated rings. The number of nitrogens with zero attached hydrogens (tertiary/aromatic N) is 4. The van der Waals surface area contributed by atoms with Crippen LogP contribution in [0.3, 0.4) is 0 Å². The number of carbonyl (C=O) groups is 1. The van der Waals surface area contributed by atoms with Crippen LogP contribution in [0.4, 0.5) is 5.13 Å². The third-order valence-electron chi connectivity index (χ3n) is 4.63. The highest BCUT2D eigenvalue weighted by Crippen LogP contribution is 2.33. The van der Waals surface area contributed by atoms with Crippen LogP contribution in [0, 0.1) is 5.92 Å². The molecule has 3 heterocycles. The Kier molecular flexibility index (Phi) is 5.21. The Morgan fingerprint density at radius 1 is 1.39 bits per heavy atom. The summed E-state index contributed by atoms with van der Waals surface area (Å²) in [7, 11) is 0. The van der Waals surface area contributed by atoms with Gasteiger partial charge >= 0.3 is 0 Å². The predicted molar refractivity (Wildman–Crippen MR) is 112 cm³/mol. The molecule has 3 aromatic rings. The van der Waals surface area contributed by atoms with Gasteiger partial charge in [-0.2, -0.15) is 5.01 Å². The number of hydrazine groups is 1. The average molecular weight is 395 g/mol. The molecule has 0 aliphatic carbocycles. The summed E-state index contributed by atoms with van der Waals surface area (Å²) in [6.07, 6.45) is 7.10. The summed E-state index contributed by atoms with van der Waals surface area (Å²) in [5, 5.41) is 2.21. The van der Waals surface area contributed by atoms with E-state index in [1.54, 1.807) is 17.5 Å². The Morgan fingerprint density at radius 2 is 2.25 bits per heavy atom. The number of nitrogens with one attached hydrogen (secondary N) is 2. The van der Waals surface area contributed by atoms with Gasteiger partial charge in [0.15, 0.2) is 0 Å². The number of aromatic nitrogens is 3. The number of thiazole rings is 1. The number of aromatic amines is 1. The molecular formula is C20H22N6OS. The zero-order valence-electron chi connectivity index (χ0n) is 15.8. The maximum Gasteiger partial charge on any atom is 0.262 e. The number of benzene rings is 1. The normalized spacial score (nSPS) is 19.0. The van der Waals surface area contributed by atoms with E-state index in [4.69, 9.17) is 0 Å². The van der Waals surface area contributed by atoms with Crippen molar-refractivity contribution in [1.82, 2.24) is 20.4 Å². The van der Waals surface area contributed by atoms with E-state index in [0.717, 1.165) is 40.2 Å². The first kappa shape index (κ1) is 18.4. The molecule has 0 bridgehead atoms. The van der Waals surface area contributed by atoms with Crippen molar-refractivity contribution in [3.05, 3.63) is 54.3 Å². The number of hydrogen-bond donors (Lipinski definition) is 2. The molecule has 4 rings (SSSR count).